The minimum atomic E-state index is 0. The average Bonchev–Trinajstić information content (AvgIpc) is 2.88. The second kappa shape index (κ2) is 11.5. The Kier molecular flexibility index (Phi) is 11.3. The van der Waals surface area contributed by atoms with Crippen molar-refractivity contribution in [1.82, 2.24) is 10.2 Å². The molecule has 0 spiro atoms. The standard InChI is InChI=1S/C14H27N3O.HI/c1-4-5-6-11-17(3)14(15-2)16-10-9-13-8-7-12-18-13;/h4,13H,1,5-12H2,2-3H3,(H,15,16);1H. The van der Waals surface area contributed by atoms with Gasteiger partial charge in [0.15, 0.2) is 5.96 Å². The Morgan fingerprint density at radius 3 is 2.95 bits per heavy atom. The van der Waals surface area contributed by atoms with Gasteiger partial charge in [-0.2, -0.15) is 0 Å². The molecule has 1 N–H and O–H groups in total. The molecule has 0 amide bonds. The van der Waals surface area contributed by atoms with E-state index in [-0.39, 0.29) is 24.0 Å². The molecule has 0 aliphatic carbocycles. The maximum Gasteiger partial charge on any atom is 0.193 e. The summed E-state index contributed by atoms with van der Waals surface area (Å²) in [6.45, 7) is 6.61. The topological polar surface area (TPSA) is 36.9 Å². The molecule has 1 saturated heterocycles. The number of aliphatic imine (C=N–C) groups is 1. The average molecular weight is 381 g/mol. The summed E-state index contributed by atoms with van der Waals surface area (Å²) in [7, 11) is 3.91. The molecule has 0 bridgehead atoms. The van der Waals surface area contributed by atoms with Crippen LogP contribution in [-0.2, 0) is 4.74 Å². The van der Waals surface area contributed by atoms with Gasteiger partial charge in [0, 0.05) is 33.8 Å². The molecular formula is C14H28IN3O. The fraction of sp³-hybridized carbons (Fsp3) is 0.786. The second-order valence-corrected chi connectivity index (χ2v) is 4.75. The van der Waals surface area contributed by atoms with E-state index in [1.807, 2.05) is 13.1 Å². The first kappa shape index (κ1) is 18.7. The number of guanidine groups is 1. The molecular weight excluding hydrogens is 353 g/mol. The SMILES string of the molecule is C=CCCCN(C)C(=NC)NCCC1CCCO1.I. The molecule has 1 rings (SSSR count). The van der Waals surface area contributed by atoms with Crippen molar-refractivity contribution in [2.45, 2.75) is 38.2 Å². The summed E-state index contributed by atoms with van der Waals surface area (Å²) in [5, 5.41) is 3.39. The Balaban J connectivity index is 0.00000324. The lowest BCUT2D eigenvalue weighted by Crippen LogP contribution is -2.40. The van der Waals surface area contributed by atoms with E-state index >= 15 is 0 Å². The summed E-state index contributed by atoms with van der Waals surface area (Å²) in [5.41, 5.74) is 0. The van der Waals surface area contributed by atoms with Crippen molar-refractivity contribution < 1.29 is 4.74 Å². The predicted molar refractivity (Wildman–Crippen MR) is 92.4 cm³/mol. The fourth-order valence-corrected chi connectivity index (χ4v) is 2.18. The zero-order chi connectivity index (χ0) is 13.2. The lowest BCUT2D eigenvalue weighted by molar-refractivity contribution is 0.105. The zero-order valence-corrected chi connectivity index (χ0v) is 14.6. The Morgan fingerprint density at radius 1 is 1.58 bits per heavy atom. The van der Waals surface area contributed by atoms with Crippen molar-refractivity contribution in [3.8, 4) is 0 Å². The van der Waals surface area contributed by atoms with Gasteiger partial charge >= 0.3 is 0 Å². The van der Waals surface area contributed by atoms with Gasteiger partial charge < -0.3 is 15.0 Å². The number of hydrogen-bond acceptors (Lipinski definition) is 2. The first-order valence-electron chi connectivity index (χ1n) is 6.92. The molecule has 19 heavy (non-hydrogen) atoms. The van der Waals surface area contributed by atoms with Crippen molar-refractivity contribution in [3.05, 3.63) is 12.7 Å². The first-order valence-corrected chi connectivity index (χ1v) is 6.92. The van der Waals surface area contributed by atoms with Crippen molar-refractivity contribution in [1.29, 1.82) is 0 Å². The molecule has 1 fully saturated rings. The Labute approximate surface area is 134 Å². The molecule has 1 aliphatic heterocycles. The normalized spacial score (nSPS) is 18.8. The number of rotatable bonds is 7. The van der Waals surface area contributed by atoms with Crippen molar-refractivity contribution in [3.63, 3.8) is 0 Å². The molecule has 0 aromatic rings. The first-order chi connectivity index (χ1) is 8.77. The van der Waals surface area contributed by atoms with Gasteiger partial charge in [-0.3, -0.25) is 4.99 Å². The van der Waals surface area contributed by atoms with Crippen LogP contribution in [0.2, 0.25) is 0 Å². The highest BCUT2D eigenvalue weighted by molar-refractivity contribution is 14.0. The molecule has 1 unspecified atom stereocenters. The highest BCUT2D eigenvalue weighted by atomic mass is 127. The van der Waals surface area contributed by atoms with Crippen LogP contribution in [0.3, 0.4) is 0 Å². The molecule has 4 nitrogen and oxygen atoms in total. The van der Waals surface area contributed by atoms with E-state index in [2.05, 4.69) is 28.8 Å². The number of unbranched alkanes of at least 4 members (excludes halogenated alkanes) is 1. The summed E-state index contributed by atoms with van der Waals surface area (Å²) in [4.78, 5) is 6.46. The van der Waals surface area contributed by atoms with Crippen LogP contribution in [-0.4, -0.2) is 50.8 Å². The number of nitrogens with zero attached hydrogens (tertiary/aromatic N) is 2. The van der Waals surface area contributed by atoms with E-state index in [4.69, 9.17) is 4.74 Å². The summed E-state index contributed by atoms with van der Waals surface area (Å²) in [6.07, 6.45) is 8.06. The third-order valence-corrected chi connectivity index (χ3v) is 3.25. The van der Waals surface area contributed by atoms with E-state index in [1.165, 1.54) is 12.8 Å². The Hall–Kier alpha value is -0.300. The van der Waals surface area contributed by atoms with Crippen molar-refractivity contribution >= 4 is 29.9 Å². The third-order valence-electron chi connectivity index (χ3n) is 3.25. The van der Waals surface area contributed by atoms with E-state index in [9.17, 15) is 0 Å². The minimum Gasteiger partial charge on any atom is -0.378 e. The van der Waals surface area contributed by atoms with E-state index in [1.54, 1.807) is 0 Å². The summed E-state index contributed by atoms with van der Waals surface area (Å²) in [5.74, 6) is 0.969. The number of halogens is 1. The lowest BCUT2D eigenvalue weighted by atomic mass is 10.2. The van der Waals surface area contributed by atoms with Gasteiger partial charge in [0.25, 0.3) is 0 Å². The quantitative estimate of drug-likeness (QED) is 0.242. The van der Waals surface area contributed by atoms with Crippen molar-refractivity contribution in [2.24, 2.45) is 4.99 Å². The number of nitrogens with one attached hydrogen (secondary N) is 1. The number of allylic oxidation sites excluding steroid dienone is 1. The number of hydrogen-bond donors (Lipinski definition) is 1. The van der Waals surface area contributed by atoms with E-state index in [0.717, 1.165) is 44.9 Å². The van der Waals surface area contributed by atoms with Crippen LogP contribution in [0.4, 0.5) is 0 Å². The lowest BCUT2D eigenvalue weighted by Gasteiger charge is -2.22. The molecule has 112 valence electrons. The van der Waals surface area contributed by atoms with Crippen LogP contribution in [0.5, 0.6) is 0 Å². The largest absolute Gasteiger partial charge is 0.378 e. The summed E-state index contributed by atoms with van der Waals surface area (Å²) in [6, 6.07) is 0. The maximum absolute atomic E-state index is 5.60. The monoisotopic (exact) mass is 381 g/mol. The van der Waals surface area contributed by atoms with Gasteiger partial charge in [-0.1, -0.05) is 6.08 Å². The van der Waals surface area contributed by atoms with Gasteiger partial charge in [-0.15, -0.1) is 30.6 Å². The molecule has 1 atom stereocenters. The third kappa shape index (κ3) is 7.77. The number of ether oxygens (including phenoxy) is 1. The van der Waals surface area contributed by atoms with Gasteiger partial charge in [0.05, 0.1) is 6.10 Å². The Morgan fingerprint density at radius 2 is 2.37 bits per heavy atom. The molecule has 0 aromatic heterocycles. The van der Waals surface area contributed by atoms with Gasteiger partial charge in [0.1, 0.15) is 0 Å². The van der Waals surface area contributed by atoms with Gasteiger partial charge in [-0.25, -0.2) is 0 Å². The summed E-state index contributed by atoms with van der Waals surface area (Å²) < 4.78 is 5.60. The fourth-order valence-electron chi connectivity index (χ4n) is 2.18. The van der Waals surface area contributed by atoms with Crippen LogP contribution in [0.1, 0.15) is 32.1 Å². The van der Waals surface area contributed by atoms with Crippen LogP contribution < -0.4 is 5.32 Å². The zero-order valence-electron chi connectivity index (χ0n) is 12.2. The molecule has 0 radical (unpaired) electrons. The highest BCUT2D eigenvalue weighted by Crippen LogP contribution is 2.14. The van der Waals surface area contributed by atoms with Crippen LogP contribution in [0, 0.1) is 0 Å². The van der Waals surface area contributed by atoms with E-state index < -0.39 is 0 Å². The summed E-state index contributed by atoms with van der Waals surface area (Å²) >= 11 is 0. The van der Waals surface area contributed by atoms with E-state index in [0.29, 0.717) is 6.10 Å². The molecule has 5 heteroatoms. The minimum absolute atomic E-state index is 0. The smallest absolute Gasteiger partial charge is 0.193 e. The van der Waals surface area contributed by atoms with Crippen LogP contribution in [0.25, 0.3) is 0 Å². The van der Waals surface area contributed by atoms with Gasteiger partial charge in [0.2, 0.25) is 0 Å². The van der Waals surface area contributed by atoms with Crippen LogP contribution in [0.15, 0.2) is 17.6 Å². The second-order valence-electron chi connectivity index (χ2n) is 4.75. The molecule has 1 aliphatic rings. The maximum atomic E-state index is 5.60. The van der Waals surface area contributed by atoms with Gasteiger partial charge in [-0.05, 0) is 32.1 Å². The Bertz CT molecular complexity index is 265. The molecule has 0 aromatic carbocycles. The van der Waals surface area contributed by atoms with Crippen LogP contribution >= 0.6 is 24.0 Å². The molecule has 1 heterocycles. The predicted octanol–water partition coefficient (Wildman–Crippen LogP) is 2.65. The van der Waals surface area contributed by atoms with Crippen molar-refractivity contribution in [2.75, 3.05) is 33.8 Å². The molecule has 0 saturated carbocycles. The highest BCUT2D eigenvalue weighted by Gasteiger charge is 2.15.